The van der Waals surface area contributed by atoms with Crippen molar-refractivity contribution in [3.8, 4) is 0 Å². The summed E-state index contributed by atoms with van der Waals surface area (Å²) in [5.74, 6) is 1.77. The highest BCUT2D eigenvalue weighted by Crippen LogP contribution is 2.23. The average Bonchev–Trinajstić information content (AvgIpc) is 2.40. The topological polar surface area (TPSA) is 0 Å². The fourth-order valence-electron chi connectivity index (χ4n) is 3.18. The molecule has 0 saturated heterocycles. The van der Waals surface area contributed by atoms with Crippen LogP contribution in [-0.2, 0) is 0 Å². The second kappa shape index (κ2) is 13.7. The average molecular weight is 281 g/mol. The van der Waals surface area contributed by atoms with Gasteiger partial charge >= 0.3 is 0 Å². The first-order chi connectivity index (χ1) is 9.60. The van der Waals surface area contributed by atoms with Gasteiger partial charge in [-0.2, -0.15) is 0 Å². The molecule has 0 aromatic heterocycles. The standard InChI is InChI=1S/C20H40/c1-6-8-10-11-12-13-15-19(4)17-20(5)16-18(3)14-9-7-2/h14,19-20H,6-13,15-17H2,1-5H3/b18-14+. The van der Waals surface area contributed by atoms with Crippen LogP contribution < -0.4 is 0 Å². The molecule has 0 aliphatic rings. The number of hydrogen-bond donors (Lipinski definition) is 0. The Morgan fingerprint density at radius 3 is 2.15 bits per heavy atom. The molecule has 0 aromatic carbocycles. The van der Waals surface area contributed by atoms with E-state index in [-0.39, 0.29) is 0 Å². The summed E-state index contributed by atoms with van der Waals surface area (Å²) in [4.78, 5) is 0. The van der Waals surface area contributed by atoms with Crippen LogP contribution in [0, 0.1) is 11.8 Å². The first-order valence-electron chi connectivity index (χ1n) is 9.25. The molecule has 2 unspecified atom stereocenters. The molecule has 2 atom stereocenters. The van der Waals surface area contributed by atoms with Crippen molar-refractivity contribution in [2.45, 2.75) is 105 Å². The van der Waals surface area contributed by atoms with Crippen molar-refractivity contribution in [2.24, 2.45) is 11.8 Å². The third kappa shape index (κ3) is 12.8. The Kier molecular flexibility index (Phi) is 13.5. The molecule has 0 rings (SSSR count). The smallest absolute Gasteiger partial charge is 0.0297 e. The molecule has 0 N–H and O–H groups in total. The second-order valence-electron chi connectivity index (χ2n) is 7.05. The predicted octanol–water partition coefficient (Wildman–Crippen LogP) is 7.54. The maximum absolute atomic E-state index is 2.45. The highest BCUT2D eigenvalue weighted by Gasteiger charge is 2.09. The Bertz CT molecular complexity index is 226. The second-order valence-corrected chi connectivity index (χ2v) is 7.05. The van der Waals surface area contributed by atoms with E-state index in [0.717, 1.165) is 11.8 Å². The van der Waals surface area contributed by atoms with Gasteiger partial charge in [0.15, 0.2) is 0 Å². The van der Waals surface area contributed by atoms with E-state index >= 15 is 0 Å². The minimum Gasteiger partial charge on any atom is -0.0856 e. The van der Waals surface area contributed by atoms with Gasteiger partial charge in [0.25, 0.3) is 0 Å². The predicted molar refractivity (Wildman–Crippen MR) is 94.2 cm³/mol. The molecule has 0 aliphatic carbocycles. The Morgan fingerprint density at radius 2 is 1.50 bits per heavy atom. The molecule has 0 bridgehead atoms. The van der Waals surface area contributed by atoms with E-state index in [1.165, 1.54) is 70.6 Å². The minimum atomic E-state index is 0.859. The first kappa shape index (κ1) is 19.7. The molecule has 120 valence electrons. The molecule has 0 fully saturated rings. The molecule has 0 saturated carbocycles. The molecular weight excluding hydrogens is 240 g/mol. The van der Waals surface area contributed by atoms with Gasteiger partial charge in [-0.15, -0.1) is 0 Å². The van der Waals surface area contributed by atoms with E-state index < -0.39 is 0 Å². The third-order valence-electron chi connectivity index (χ3n) is 4.31. The molecule has 0 nitrogen and oxygen atoms in total. The van der Waals surface area contributed by atoms with E-state index in [2.05, 4.69) is 40.7 Å². The summed E-state index contributed by atoms with van der Waals surface area (Å²) >= 11 is 0. The van der Waals surface area contributed by atoms with E-state index in [1.807, 2.05) is 0 Å². The molecule has 0 spiro atoms. The summed E-state index contributed by atoms with van der Waals surface area (Å²) < 4.78 is 0. The Balaban J connectivity index is 3.61. The Labute approximate surface area is 129 Å². The van der Waals surface area contributed by atoms with E-state index in [1.54, 1.807) is 5.57 Å². The summed E-state index contributed by atoms with van der Waals surface area (Å²) in [5, 5.41) is 0. The summed E-state index contributed by atoms with van der Waals surface area (Å²) in [6.07, 6.45) is 17.7. The van der Waals surface area contributed by atoms with Crippen molar-refractivity contribution < 1.29 is 0 Å². The van der Waals surface area contributed by atoms with Crippen LogP contribution in [0.5, 0.6) is 0 Å². The third-order valence-corrected chi connectivity index (χ3v) is 4.31. The molecule has 20 heavy (non-hydrogen) atoms. The summed E-state index contributed by atoms with van der Waals surface area (Å²) in [5.41, 5.74) is 1.60. The van der Waals surface area contributed by atoms with Crippen LogP contribution in [0.2, 0.25) is 0 Å². The summed E-state index contributed by atoms with van der Waals surface area (Å²) in [6.45, 7) is 11.7. The van der Waals surface area contributed by atoms with Gasteiger partial charge in [-0.1, -0.05) is 90.7 Å². The van der Waals surface area contributed by atoms with Gasteiger partial charge in [-0.3, -0.25) is 0 Å². The van der Waals surface area contributed by atoms with Gasteiger partial charge < -0.3 is 0 Å². The summed E-state index contributed by atoms with van der Waals surface area (Å²) in [7, 11) is 0. The van der Waals surface area contributed by atoms with Crippen LogP contribution in [-0.4, -0.2) is 0 Å². The van der Waals surface area contributed by atoms with Crippen molar-refractivity contribution >= 4 is 0 Å². The molecule has 0 aromatic rings. The molecule has 0 heterocycles. The van der Waals surface area contributed by atoms with Gasteiger partial charge in [0, 0.05) is 0 Å². The van der Waals surface area contributed by atoms with Gasteiger partial charge in [0.2, 0.25) is 0 Å². The van der Waals surface area contributed by atoms with Gasteiger partial charge in [-0.25, -0.2) is 0 Å². The zero-order valence-corrected chi connectivity index (χ0v) is 15.0. The maximum atomic E-state index is 2.45. The van der Waals surface area contributed by atoms with Crippen LogP contribution in [0.4, 0.5) is 0 Å². The Morgan fingerprint density at radius 1 is 0.850 bits per heavy atom. The van der Waals surface area contributed by atoms with Gasteiger partial charge in [0.1, 0.15) is 0 Å². The number of allylic oxidation sites excluding steroid dienone is 2. The van der Waals surface area contributed by atoms with Gasteiger partial charge in [0.05, 0.1) is 0 Å². The van der Waals surface area contributed by atoms with Crippen LogP contribution in [0.15, 0.2) is 11.6 Å². The SMILES string of the molecule is CCC/C=C(\C)CC(C)CC(C)CCCCCCCC. The molecule has 0 radical (unpaired) electrons. The molecule has 0 amide bonds. The highest BCUT2D eigenvalue weighted by atomic mass is 14.1. The van der Waals surface area contributed by atoms with Crippen molar-refractivity contribution in [1.29, 1.82) is 0 Å². The lowest BCUT2D eigenvalue weighted by molar-refractivity contribution is 0.378. The van der Waals surface area contributed by atoms with E-state index in [0.29, 0.717) is 0 Å². The Hall–Kier alpha value is -0.260. The summed E-state index contributed by atoms with van der Waals surface area (Å²) in [6, 6.07) is 0. The normalized spacial score (nSPS) is 15.3. The first-order valence-corrected chi connectivity index (χ1v) is 9.25. The monoisotopic (exact) mass is 280 g/mol. The van der Waals surface area contributed by atoms with E-state index in [9.17, 15) is 0 Å². The zero-order chi connectivity index (χ0) is 15.2. The number of rotatable bonds is 13. The van der Waals surface area contributed by atoms with Crippen molar-refractivity contribution in [3.05, 3.63) is 11.6 Å². The quantitative estimate of drug-likeness (QED) is 0.241. The lowest BCUT2D eigenvalue weighted by atomic mass is 9.89. The van der Waals surface area contributed by atoms with Crippen molar-refractivity contribution in [1.82, 2.24) is 0 Å². The van der Waals surface area contributed by atoms with E-state index in [4.69, 9.17) is 0 Å². The molecular formula is C20H40. The number of unbranched alkanes of at least 4 members (excludes halogenated alkanes) is 6. The van der Waals surface area contributed by atoms with Crippen LogP contribution in [0.3, 0.4) is 0 Å². The zero-order valence-electron chi connectivity index (χ0n) is 15.0. The van der Waals surface area contributed by atoms with Crippen LogP contribution in [0.1, 0.15) is 105 Å². The fraction of sp³-hybridized carbons (Fsp3) is 0.900. The van der Waals surface area contributed by atoms with Crippen molar-refractivity contribution in [3.63, 3.8) is 0 Å². The lowest BCUT2D eigenvalue weighted by Crippen LogP contribution is -2.04. The van der Waals surface area contributed by atoms with Crippen LogP contribution >= 0.6 is 0 Å². The maximum Gasteiger partial charge on any atom is -0.0297 e. The molecule has 0 heteroatoms. The number of hydrogen-bond acceptors (Lipinski definition) is 0. The van der Waals surface area contributed by atoms with Gasteiger partial charge in [-0.05, 0) is 38.0 Å². The highest BCUT2D eigenvalue weighted by molar-refractivity contribution is 4.98. The largest absolute Gasteiger partial charge is 0.0856 e. The minimum absolute atomic E-state index is 0.859. The molecule has 0 aliphatic heterocycles. The lowest BCUT2D eigenvalue weighted by Gasteiger charge is -2.17. The fourth-order valence-corrected chi connectivity index (χ4v) is 3.18. The van der Waals surface area contributed by atoms with Crippen LogP contribution in [0.25, 0.3) is 0 Å². The van der Waals surface area contributed by atoms with Crippen molar-refractivity contribution in [2.75, 3.05) is 0 Å².